The molecular weight excluding hydrogens is 644 g/mol. The predicted octanol–water partition coefficient (Wildman–Crippen LogP) is 12.7. The number of halogens is 5. The van der Waals surface area contributed by atoms with Crippen LogP contribution in [0.3, 0.4) is 0 Å². The summed E-state index contributed by atoms with van der Waals surface area (Å²) in [6, 6.07) is 27.9. The Morgan fingerprint density at radius 2 is 1.02 bits per heavy atom. The van der Waals surface area contributed by atoms with E-state index in [1.165, 1.54) is 16.7 Å². The smallest absolute Gasteiger partial charge is 0.0734 e. The highest BCUT2D eigenvalue weighted by Gasteiger charge is 2.13. The van der Waals surface area contributed by atoms with Gasteiger partial charge >= 0.3 is 0 Å². The van der Waals surface area contributed by atoms with E-state index in [-0.39, 0.29) is 18.3 Å². The number of rotatable bonds is 2. The van der Waals surface area contributed by atoms with Crippen molar-refractivity contribution in [2.75, 3.05) is 5.73 Å². The quantitative estimate of drug-likeness (QED) is 0.127. The molecular formula is C34H39BrCl4N-. The van der Waals surface area contributed by atoms with E-state index >= 15 is 0 Å². The lowest BCUT2D eigenvalue weighted by Crippen LogP contribution is -2.10. The molecule has 4 rings (SSSR count). The molecule has 2 N–H and O–H groups in total. The number of nitrogen functional groups attached to an aromatic ring is 1. The van der Waals surface area contributed by atoms with Crippen LogP contribution in [0, 0.1) is 7.43 Å². The number of benzene rings is 4. The minimum atomic E-state index is 0. The van der Waals surface area contributed by atoms with E-state index in [4.69, 9.17) is 52.1 Å². The van der Waals surface area contributed by atoms with Crippen LogP contribution in [0.4, 0.5) is 5.69 Å². The van der Waals surface area contributed by atoms with E-state index in [0.717, 1.165) is 22.1 Å². The second kappa shape index (κ2) is 16.1. The lowest BCUT2D eigenvalue weighted by atomic mass is 9.86. The van der Waals surface area contributed by atoms with Crippen LogP contribution in [-0.4, -0.2) is 0 Å². The van der Waals surface area contributed by atoms with Crippen molar-refractivity contribution in [2.24, 2.45) is 0 Å². The van der Waals surface area contributed by atoms with Crippen molar-refractivity contribution in [1.82, 2.24) is 0 Å². The zero-order valence-electron chi connectivity index (χ0n) is 24.3. The summed E-state index contributed by atoms with van der Waals surface area (Å²) in [5.41, 5.74) is 11.8. The third kappa shape index (κ3) is 11.7. The van der Waals surface area contributed by atoms with Crippen LogP contribution in [-0.2, 0) is 17.3 Å². The van der Waals surface area contributed by atoms with Gasteiger partial charge in [0.05, 0.1) is 20.1 Å². The van der Waals surface area contributed by atoms with E-state index in [0.29, 0.717) is 20.1 Å². The van der Waals surface area contributed by atoms with Crippen LogP contribution >= 0.6 is 62.3 Å². The first-order chi connectivity index (χ1) is 18.1. The SMILES string of the molecule is CC(C)(C)c1ccc(Cc2cccc(Cl)c2Cl)cc1.CC(C)(C)c1ccc(N)cc1.Clc1cccc(Br)c1Cl.[CH3-]. The van der Waals surface area contributed by atoms with Crippen molar-refractivity contribution >= 4 is 68.0 Å². The van der Waals surface area contributed by atoms with Crippen LogP contribution in [0.1, 0.15) is 63.8 Å². The van der Waals surface area contributed by atoms with Crippen LogP contribution in [0.5, 0.6) is 0 Å². The molecule has 0 unspecified atom stereocenters. The van der Waals surface area contributed by atoms with Gasteiger partial charge in [-0.05, 0) is 85.8 Å². The van der Waals surface area contributed by atoms with E-state index < -0.39 is 0 Å². The lowest BCUT2D eigenvalue weighted by molar-refractivity contribution is 0.590. The molecule has 0 heterocycles. The molecule has 0 fully saturated rings. The average Bonchev–Trinajstić information content (AvgIpc) is 2.86. The van der Waals surface area contributed by atoms with Gasteiger partial charge in [0.25, 0.3) is 0 Å². The van der Waals surface area contributed by atoms with Crippen LogP contribution in [0.15, 0.2) is 89.4 Å². The maximum atomic E-state index is 6.22. The monoisotopic (exact) mass is 680 g/mol. The predicted molar refractivity (Wildman–Crippen MR) is 185 cm³/mol. The Balaban J connectivity index is 0.000000324. The third-order valence-electron chi connectivity index (χ3n) is 5.93. The maximum Gasteiger partial charge on any atom is 0.0734 e. The molecule has 0 atom stereocenters. The molecule has 0 aliphatic heterocycles. The molecule has 40 heavy (non-hydrogen) atoms. The van der Waals surface area contributed by atoms with Gasteiger partial charge in [0.1, 0.15) is 0 Å². The van der Waals surface area contributed by atoms with Gasteiger partial charge in [-0.2, -0.15) is 0 Å². The average molecular weight is 683 g/mol. The fourth-order valence-electron chi connectivity index (χ4n) is 3.49. The van der Waals surface area contributed by atoms with E-state index in [1.54, 1.807) is 6.07 Å². The van der Waals surface area contributed by atoms with E-state index in [2.05, 4.69) is 93.9 Å². The first-order valence-corrected chi connectivity index (χ1v) is 14.9. The van der Waals surface area contributed by atoms with E-state index in [9.17, 15) is 0 Å². The van der Waals surface area contributed by atoms with Gasteiger partial charge in [0.15, 0.2) is 0 Å². The molecule has 0 amide bonds. The highest BCUT2D eigenvalue weighted by Crippen LogP contribution is 2.30. The Morgan fingerprint density at radius 1 is 0.600 bits per heavy atom. The number of nitrogens with two attached hydrogens (primary N) is 1. The Kier molecular flexibility index (Phi) is 14.6. The summed E-state index contributed by atoms with van der Waals surface area (Å²) in [5, 5.41) is 2.42. The van der Waals surface area contributed by atoms with E-state index in [1.807, 2.05) is 42.5 Å². The molecule has 6 heteroatoms. The number of hydrogen-bond donors (Lipinski definition) is 1. The summed E-state index contributed by atoms with van der Waals surface area (Å²) >= 11 is 26.8. The molecule has 0 aliphatic carbocycles. The van der Waals surface area contributed by atoms with Crippen molar-refractivity contribution < 1.29 is 0 Å². The molecule has 0 bridgehead atoms. The molecule has 0 saturated heterocycles. The largest absolute Gasteiger partial charge is 0.399 e. The van der Waals surface area contributed by atoms with Gasteiger partial charge in [0.2, 0.25) is 0 Å². The van der Waals surface area contributed by atoms with Crippen molar-refractivity contribution in [1.29, 1.82) is 0 Å². The lowest BCUT2D eigenvalue weighted by Gasteiger charge is -2.19. The highest BCUT2D eigenvalue weighted by molar-refractivity contribution is 9.10. The van der Waals surface area contributed by atoms with Gasteiger partial charge in [0, 0.05) is 10.2 Å². The second-order valence-electron chi connectivity index (χ2n) is 11.2. The molecule has 0 saturated carbocycles. The minimum absolute atomic E-state index is 0. The molecule has 4 aromatic rings. The fourth-order valence-corrected chi connectivity index (χ4v) is 4.66. The summed E-state index contributed by atoms with van der Waals surface area (Å²) < 4.78 is 0.830. The first kappa shape index (κ1) is 36.3. The summed E-state index contributed by atoms with van der Waals surface area (Å²) in [6.07, 6.45) is 0.809. The van der Waals surface area contributed by atoms with Gasteiger partial charge in [-0.3, -0.25) is 0 Å². The van der Waals surface area contributed by atoms with Crippen molar-refractivity contribution in [3.05, 3.63) is 139 Å². The van der Waals surface area contributed by atoms with Gasteiger partial charge < -0.3 is 13.2 Å². The first-order valence-electron chi connectivity index (χ1n) is 12.6. The highest BCUT2D eigenvalue weighted by atomic mass is 79.9. The number of hydrogen-bond acceptors (Lipinski definition) is 1. The van der Waals surface area contributed by atoms with Gasteiger partial charge in [-0.15, -0.1) is 0 Å². The second-order valence-corrected chi connectivity index (χ2v) is 13.7. The molecule has 1 nitrogen and oxygen atoms in total. The molecule has 0 radical (unpaired) electrons. The third-order valence-corrected chi connectivity index (χ3v) is 8.49. The minimum Gasteiger partial charge on any atom is -0.399 e. The van der Waals surface area contributed by atoms with Crippen molar-refractivity contribution in [3.8, 4) is 0 Å². The zero-order chi connectivity index (χ0) is 29.4. The summed E-state index contributed by atoms with van der Waals surface area (Å²) in [7, 11) is 0. The summed E-state index contributed by atoms with van der Waals surface area (Å²) in [6.45, 7) is 13.2. The molecule has 0 aromatic heterocycles. The molecule has 216 valence electrons. The molecule has 0 aliphatic rings. The van der Waals surface area contributed by atoms with Crippen LogP contribution < -0.4 is 5.73 Å². The Bertz CT molecular complexity index is 1320. The standard InChI is InChI=1S/C17H18Cl2.C10H15N.C6H3BrCl2.CH3/c1-17(2,3)14-9-7-12(8-10-14)11-13-5-4-6-15(18)16(13)19;1-10(2,3)8-4-6-9(11)7-5-8;7-4-2-1-3-5(8)6(4)9;/h4-10H,11H2,1-3H3;4-7H,11H2,1-3H3;1-3H;1H3/q;;;-1. The normalized spacial score (nSPS) is 10.9. The van der Waals surface area contributed by atoms with Crippen LogP contribution in [0.2, 0.25) is 20.1 Å². The Labute approximate surface area is 270 Å². The van der Waals surface area contributed by atoms with Crippen molar-refractivity contribution in [2.45, 2.75) is 58.8 Å². The number of anilines is 1. The van der Waals surface area contributed by atoms with Gasteiger partial charge in [-0.1, -0.05) is 143 Å². The van der Waals surface area contributed by atoms with Gasteiger partial charge in [-0.25, -0.2) is 0 Å². The van der Waals surface area contributed by atoms with Crippen LogP contribution in [0.25, 0.3) is 0 Å². The topological polar surface area (TPSA) is 26.0 Å². The van der Waals surface area contributed by atoms with Crippen molar-refractivity contribution in [3.63, 3.8) is 0 Å². The zero-order valence-corrected chi connectivity index (χ0v) is 28.9. The summed E-state index contributed by atoms with van der Waals surface area (Å²) in [4.78, 5) is 0. The summed E-state index contributed by atoms with van der Waals surface area (Å²) in [5.74, 6) is 0. The Hall–Kier alpha value is -1.68. The fraction of sp³-hybridized carbons (Fsp3) is 0.265. The molecule has 4 aromatic carbocycles. The maximum absolute atomic E-state index is 6.22. The Morgan fingerprint density at radius 3 is 1.45 bits per heavy atom. The molecule has 0 spiro atoms.